The van der Waals surface area contributed by atoms with Crippen LogP contribution < -0.4 is 0 Å². The number of hydrogen-bond acceptors (Lipinski definition) is 2. The van der Waals surface area contributed by atoms with Crippen molar-refractivity contribution >= 4 is 11.8 Å². The van der Waals surface area contributed by atoms with E-state index in [4.69, 9.17) is 0 Å². The lowest BCUT2D eigenvalue weighted by Gasteiger charge is -2.24. The molecule has 1 saturated carbocycles. The van der Waals surface area contributed by atoms with Crippen molar-refractivity contribution in [1.82, 2.24) is 0 Å². The fourth-order valence-electron chi connectivity index (χ4n) is 4.51. The molecule has 1 aliphatic carbocycles. The van der Waals surface area contributed by atoms with Crippen molar-refractivity contribution in [2.24, 2.45) is 17.8 Å². The second-order valence-corrected chi connectivity index (χ2v) is 8.20. The normalized spacial score (nSPS) is 20.4. The zero-order valence-corrected chi connectivity index (χ0v) is 17.3. The molecule has 0 spiro atoms. The number of carboxylic acid groups (broad SMARTS) is 1. The molecule has 3 heteroatoms. The summed E-state index contributed by atoms with van der Waals surface area (Å²) in [6, 6.07) is 17.2. The standard InChI is InChI=1S/C26H30O3/c1-3-18(2)23(17-22-10-7-11-24(22)26(28)29)16-19-12-14-21(15-13-19)25(27)20-8-5-4-6-9-20/h3-6,8-9,12-15,22-24H,7,10-11,16-17H2,1-2H3,(H,28,29). The van der Waals surface area contributed by atoms with Gasteiger partial charge in [0.05, 0.1) is 5.92 Å². The van der Waals surface area contributed by atoms with Crippen LogP contribution in [0.1, 0.15) is 61.0 Å². The zero-order chi connectivity index (χ0) is 20.8. The maximum atomic E-state index is 12.6. The summed E-state index contributed by atoms with van der Waals surface area (Å²) < 4.78 is 0. The Hall–Kier alpha value is -2.68. The van der Waals surface area contributed by atoms with Gasteiger partial charge in [-0.2, -0.15) is 0 Å². The zero-order valence-electron chi connectivity index (χ0n) is 17.3. The largest absolute Gasteiger partial charge is 0.481 e. The first kappa shape index (κ1) is 21.0. The van der Waals surface area contributed by atoms with Crippen LogP contribution in [0.15, 0.2) is 66.2 Å². The number of carbonyl (C=O) groups is 2. The second kappa shape index (κ2) is 9.69. The highest BCUT2D eigenvalue weighted by atomic mass is 16.4. The lowest BCUT2D eigenvalue weighted by molar-refractivity contribution is -0.143. The Morgan fingerprint density at radius 1 is 1.03 bits per heavy atom. The molecule has 0 aliphatic heterocycles. The number of benzene rings is 2. The number of hydrogen-bond donors (Lipinski definition) is 1. The van der Waals surface area contributed by atoms with Crippen LogP contribution in [0.3, 0.4) is 0 Å². The summed E-state index contributed by atoms with van der Waals surface area (Å²) in [7, 11) is 0. The maximum absolute atomic E-state index is 12.6. The van der Waals surface area contributed by atoms with Gasteiger partial charge >= 0.3 is 5.97 Å². The average Bonchev–Trinajstić information content (AvgIpc) is 3.22. The summed E-state index contributed by atoms with van der Waals surface area (Å²) in [5, 5.41) is 9.51. The maximum Gasteiger partial charge on any atom is 0.306 e. The van der Waals surface area contributed by atoms with Gasteiger partial charge < -0.3 is 5.11 Å². The summed E-state index contributed by atoms with van der Waals surface area (Å²) in [6.45, 7) is 4.19. The summed E-state index contributed by atoms with van der Waals surface area (Å²) in [5.74, 6) is -0.221. The van der Waals surface area contributed by atoms with E-state index >= 15 is 0 Å². The van der Waals surface area contributed by atoms with Gasteiger partial charge in [-0.1, -0.05) is 72.7 Å². The molecule has 0 radical (unpaired) electrons. The minimum absolute atomic E-state index is 0.0357. The third kappa shape index (κ3) is 5.23. The van der Waals surface area contributed by atoms with Crippen molar-refractivity contribution in [3.63, 3.8) is 0 Å². The SMILES string of the molecule is CC=C(C)C(Cc1ccc(C(=O)c2ccccc2)cc1)CC1CCCC1C(=O)O. The molecule has 29 heavy (non-hydrogen) atoms. The quantitative estimate of drug-likeness (QED) is 0.449. The smallest absolute Gasteiger partial charge is 0.306 e. The Morgan fingerprint density at radius 3 is 2.31 bits per heavy atom. The lowest BCUT2D eigenvalue weighted by Crippen LogP contribution is -2.22. The van der Waals surface area contributed by atoms with Crippen molar-refractivity contribution in [2.45, 2.75) is 46.0 Å². The molecule has 0 bridgehead atoms. The molecule has 1 N–H and O–H groups in total. The van der Waals surface area contributed by atoms with Crippen LogP contribution in [0.2, 0.25) is 0 Å². The molecule has 2 aromatic carbocycles. The fourth-order valence-corrected chi connectivity index (χ4v) is 4.51. The number of allylic oxidation sites excluding steroid dienone is 2. The summed E-state index contributed by atoms with van der Waals surface area (Å²) in [5.41, 5.74) is 3.89. The molecule has 0 aromatic heterocycles. The van der Waals surface area contributed by atoms with Crippen molar-refractivity contribution < 1.29 is 14.7 Å². The highest BCUT2D eigenvalue weighted by Crippen LogP contribution is 2.38. The third-order valence-electron chi connectivity index (χ3n) is 6.40. The molecule has 3 unspecified atom stereocenters. The van der Waals surface area contributed by atoms with Crippen LogP contribution in [0.5, 0.6) is 0 Å². The first-order valence-corrected chi connectivity index (χ1v) is 10.5. The molecule has 0 saturated heterocycles. The van der Waals surface area contributed by atoms with Crippen LogP contribution in [-0.4, -0.2) is 16.9 Å². The van der Waals surface area contributed by atoms with Crippen LogP contribution in [-0.2, 0) is 11.2 Å². The van der Waals surface area contributed by atoms with Gasteiger partial charge in [-0.25, -0.2) is 0 Å². The molecule has 152 valence electrons. The number of ketones is 1. The number of rotatable bonds is 8. The molecule has 3 atom stereocenters. The Balaban J connectivity index is 1.71. The highest BCUT2D eigenvalue weighted by molar-refractivity contribution is 6.08. The van der Waals surface area contributed by atoms with Crippen molar-refractivity contribution in [3.8, 4) is 0 Å². The van der Waals surface area contributed by atoms with Gasteiger partial charge in [0.15, 0.2) is 5.78 Å². The predicted molar refractivity (Wildman–Crippen MR) is 116 cm³/mol. The van der Waals surface area contributed by atoms with Gasteiger partial charge in [0.25, 0.3) is 0 Å². The third-order valence-corrected chi connectivity index (χ3v) is 6.40. The molecule has 1 aliphatic rings. The lowest BCUT2D eigenvalue weighted by atomic mass is 9.80. The number of carboxylic acids is 1. The summed E-state index contributed by atoms with van der Waals surface area (Å²) in [6.07, 6.45) is 6.76. The van der Waals surface area contributed by atoms with Crippen LogP contribution in [0, 0.1) is 17.8 Å². The van der Waals surface area contributed by atoms with Gasteiger partial charge in [-0.3, -0.25) is 9.59 Å². The molecule has 0 amide bonds. The minimum atomic E-state index is -0.645. The first-order valence-electron chi connectivity index (χ1n) is 10.5. The van der Waals surface area contributed by atoms with E-state index in [2.05, 4.69) is 13.0 Å². The molecule has 2 aromatic rings. The molecular weight excluding hydrogens is 360 g/mol. The van der Waals surface area contributed by atoms with Crippen LogP contribution >= 0.6 is 0 Å². The van der Waals surface area contributed by atoms with Crippen LogP contribution in [0.25, 0.3) is 0 Å². The molecule has 3 rings (SSSR count). The highest BCUT2D eigenvalue weighted by Gasteiger charge is 2.34. The monoisotopic (exact) mass is 390 g/mol. The van der Waals surface area contributed by atoms with Crippen molar-refractivity contribution in [3.05, 3.63) is 82.9 Å². The Labute approximate surface area is 173 Å². The van der Waals surface area contributed by atoms with Crippen molar-refractivity contribution in [2.75, 3.05) is 0 Å². The molecule has 0 heterocycles. The Bertz CT molecular complexity index is 865. The van der Waals surface area contributed by atoms with Gasteiger partial charge in [0.2, 0.25) is 0 Å². The first-order chi connectivity index (χ1) is 14.0. The summed E-state index contributed by atoms with van der Waals surface area (Å²) in [4.78, 5) is 24.2. The number of aliphatic carboxylic acids is 1. The van der Waals surface area contributed by atoms with E-state index in [9.17, 15) is 14.7 Å². The van der Waals surface area contributed by atoms with Crippen molar-refractivity contribution in [1.29, 1.82) is 0 Å². The molecular formula is C26H30O3. The van der Waals surface area contributed by atoms with E-state index in [1.807, 2.05) is 61.5 Å². The molecule has 1 fully saturated rings. The topological polar surface area (TPSA) is 54.4 Å². The van der Waals surface area contributed by atoms with E-state index < -0.39 is 5.97 Å². The Morgan fingerprint density at radius 2 is 1.69 bits per heavy atom. The average molecular weight is 391 g/mol. The van der Waals surface area contributed by atoms with Crippen LogP contribution in [0.4, 0.5) is 0 Å². The van der Waals surface area contributed by atoms with Gasteiger partial charge in [-0.05, 0) is 56.9 Å². The van der Waals surface area contributed by atoms with E-state index in [1.165, 1.54) is 11.1 Å². The fraction of sp³-hybridized carbons (Fsp3) is 0.385. The van der Waals surface area contributed by atoms with Gasteiger partial charge in [0, 0.05) is 11.1 Å². The van der Waals surface area contributed by atoms with E-state index in [0.717, 1.165) is 32.1 Å². The molecule has 3 nitrogen and oxygen atoms in total. The van der Waals surface area contributed by atoms with Gasteiger partial charge in [0.1, 0.15) is 0 Å². The second-order valence-electron chi connectivity index (χ2n) is 8.20. The van der Waals surface area contributed by atoms with E-state index in [-0.39, 0.29) is 17.6 Å². The van der Waals surface area contributed by atoms with E-state index in [0.29, 0.717) is 17.0 Å². The summed E-state index contributed by atoms with van der Waals surface area (Å²) >= 11 is 0. The predicted octanol–water partition coefficient (Wildman–Crippen LogP) is 5.93. The minimum Gasteiger partial charge on any atom is -0.481 e. The van der Waals surface area contributed by atoms with Gasteiger partial charge in [-0.15, -0.1) is 0 Å². The Kier molecular flexibility index (Phi) is 7.03. The van der Waals surface area contributed by atoms with E-state index in [1.54, 1.807) is 0 Å². The number of carbonyl (C=O) groups excluding carboxylic acids is 1.